The van der Waals surface area contributed by atoms with Crippen LogP contribution in [0.2, 0.25) is 0 Å². The number of nitrogens with two attached hydrogens (primary N) is 1. The van der Waals surface area contributed by atoms with Crippen molar-refractivity contribution in [2.45, 2.75) is 38.5 Å². The molecule has 0 radical (unpaired) electrons. The lowest BCUT2D eigenvalue weighted by Gasteiger charge is -2.37. The van der Waals surface area contributed by atoms with Crippen LogP contribution in [0.1, 0.15) is 38.5 Å². The highest BCUT2D eigenvalue weighted by Crippen LogP contribution is 2.57. The summed E-state index contributed by atoms with van der Waals surface area (Å²) in [5, 5.41) is 9.34. The molecule has 0 aromatic heterocycles. The van der Waals surface area contributed by atoms with Gasteiger partial charge in [0.25, 0.3) is 0 Å². The number of rotatable bonds is 2. The molecule has 12 heavy (non-hydrogen) atoms. The van der Waals surface area contributed by atoms with Gasteiger partial charge in [0.05, 0.1) is 0 Å². The largest absolute Gasteiger partial charge is 0.396 e. The molecule has 0 aromatic rings. The molecule has 2 rings (SSSR count). The van der Waals surface area contributed by atoms with Gasteiger partial charge in [-0.15, -0.1) is 0 Å². The number of aliphatic hydroxyl groups is 1. The first kappa shape index (κ1) is 8.52. The van der Waals surface area contributed by atoms with E-state index in [4.69, 9.17) is 5.73 Å². The Labute approximate surface area is 74.1 Å². The second-order valence-corrected chi connectivity index (χ2v) is 4.89. The fourth-order valence-electron chi connectivity index (χ4n) is 3.26. The molecule has 0 aliphatic heterocycles. The van der Waals surface area contributed by atoms with Crippen LogP contribution >= 0.6 is 0 Å². The number of hydrogen-bond donors (Lipinski definition) is 2. The van der Waals surface area contributed by atoms with E-state index in [9.17, 15) is 5.11 Å². The highest BCUT2D eigenvalue weighted by Gasteiger charge is 2.49. The summed E-state index contributed by atoms with van der Waals surface area (Å²) in [5.74, 6) is 0. The van der Waals surface area contributed by atoms with Gasteiger partial charge in [-0.3, -0.25) is 0 Å². The van der Waals surface area contributed by atoms with Crippen molar-refractivity contribution in [1.29, 1.82) is 0 Å². The Morgan fingerprint density at radius 3 is 2.42 bits per heavy atom. The van der Waals surface area contributed by atoms with Crippen LogP contribution in [0.3, 0.4) is 0 Å². The molecule has 2 nitrogen and oxygen atoms in total. The summed E-state index contributed by atoms with van der Waals surface area (Å²) in [6.45, 7) is 1.21. The Bertz CT molecular complexity index is 165. The molecule has 2 aliphatic rings. The van der Waals surface area contributed by atoms with Gasteiger partial charge in [-0.25, -0.2) is 0 Å². The Morgan fingerprint density at radius 2 is 1.75 bits per heavy atom. The summed E-state index contributed by atoms with van der Waals surface area (Å²) in [6.07, 6.45) is 7.45. The fourth-order valence-corrected chi connectivity index (χ4v) is 3.26. The molecule has 2 atom stereocenters. The summed E-state index contributed by atoms with van der Waals surface area (Å²) in [6, 6.07) is 0. The van der Waals surface area contributed by atoms with Crippen molar-refractivity contribution in [3.63, 3.8) is 0 Å². The van der Waals surface area contributed by atoms with Crippen molar-refractivity contribution >= 4 is 0 Å². The molecule has 2 aliphatic carbocycles. The first-order valence-corrected chi connectivity index (χ1v) is 5.05. The lowest BCUT2D eigenvalue weighted by molar-refractivity contribution is 0.0724. The van der Waals surface area contributed by atoms with Gasteiger partial charge in [0, 0.05) is 6.61 Å². The monoisotopic (exact) mass is 169 g/mol. The van der Waals surface area contributed by atoms with Gasteiger partial charge in [0.1, 0.15) is 0 Å². The van der Waals surface area contributed by atoms with Crippen LogP contribution in [0, 0.1) is 10.8 Å². The topological polar surface area (TPSA) is 46.2 Å². The van der Waals surface area contributed by atoms with Gasteiger partial charge in [-0.1, -0.05) is 6.42 Å². The van der Waals surface area contributed by atoms with Crippen molar-refractivity contribution in [3.05, 3.63) is 0 Å². The minimum absolute atomic E-state index is 0.275. The van der Waals surface area contributed by atoms with E-state index in [0.29, 0.717) is 12.0 Å². The maximum atomic E-state index is 9.34. The van der Waals surface area contributed by atoms with E-state index in [0.717, 1.165) is 6.54 Å². The Balaban J connectivity index is 2.16. The third-order valence-electron chi connectivity index (χ3n) is 4.12. The Hall–Kier alpha value is -0.0800. The van der Waals surface area contributed by atoms with Gasteiger partial charge >= 0.3 is 0 Å². The van der Waals surface area contributed by atoms with Crippen LogP contribution in [-0.4, -0.2) is 18.3 Å². The van der Waals surface area contributed by atoms with E-state index in [-0.39, 0.29) is 5.41 Å². The molecule has 0 amide bonds. The van der Waals surface area contributed by atoms with Crippen molar-refractivity contribution in [1.82, 2.24) is 0 Å². The third kappa shape index (κ3) is 1.09. The molecule has 2 fully saturated rings. The van der Waals surface area contributed by atoms with Crippen LogP contribution in [0.5, 0.6) is 0 Å². The molecule has 0 spiro atoms. The van der Waals surface area contributed by atoms with Crippen LogP contribution in [0.25, 0.3) is 0 Å². The van der Waals surface area contributed by atoms with Crippen LogP contribution in [0.15, 0.2) is 0 Å². The standard InChI is InChI=1S/C10H19NO/c11-7-9-2-1-3-10(6-9,8-12)5-4-9/h12H,1-8,11H2/t9-,10+/m0/s1. The summed E-state index contributed by atoms with van der Waals surface area (Å²) < 4.78 is 0. The molecule has 0 saturated heterocycles. The fraction of sp³-hybridized carbons (Fsp3) is 1.00. The van der Waals surface area contributed by atoms with Gasteiger partial charge in [-0.05, 0) is 49.5 Å². The lowest BCUT2D eigenvalue weighted by atomic mass is 9.69. The minimum atomic E-state index is 0.275. The summed E-state index contributed by atoms with van der Waals surface area (Å²) in [7, 11) is 0. The number of hydrogen-bond acceptors (Lipinski definition) is 2. The zero-order chi connectivity index (χ0) is 8.66. The summed E-state index contributed by atoms with van der Waals surface area (Å²) >= 11 is 0. The first-order valence-electron chi connectivity index (χ1n) is 5.05. The second-order valence-electron chi connectivity index (χ2n) is 4.89. The van der Waals surface area contributed by atoms with E-state index >= 15 is 0 Å². The second kappa shape index (κ2) is 2.71. The Kier molecular flexibility index (Phi) is 1.92. The van der Waals surface area contributed by atoms with Gasteiger partial charge in [0.2, 0.25) is 0 Å². The van der Waals surface area contributed by atoms with E-state index in [1.807, 2.05) is 0 Å². The SMILES string of the molecule is NC[C@@]12CCC[C@@](CO)(CC1)C2. The summed E-state index contributed by atoms with van der Waals surface area (Å²) in [4.78, 5) is 0. The molecule has 0 heterocycles. The van der Waals surface area contributed by atoms with E-state index in [1.165, 1.54) is 38.5 Å². The van der Waals surface area contributed by atoms with Crippen LogP contribution in [-0.2, 0) is 0 Å². The zero-order valence-corrected chi connectivity index (χ0v) is 7.68. The smallest absolute Gasteiger partial charge is 0.0487 e. The van der Waals surface area contributed by atoms with Crippen molar-refractivity contribution < 1.29 is 5.11 Å². The summed E-state index contributed by atoms with van der Waals surface area (Å²) in [5.41, 5.74) is 6.50. The molecule has 2 heteroatoms. The van der Waals surface area contributed by atoms with Crippen LogP contribution in [0.4, 0.5) is 0 Å². The minimum Gasteiger partial charge on any atom is -0.396 e. The van der Waals surface area contributed by atoms with Gasteiger partial charge in [-0.2, -0.15) is 0 Å². The predicted octanol–water partition coefficient (Wildman–Crippen LogP) is 1.28. The molecule has 70 valence electrons. The van der Waals surface area contributed by atoms with Crippen molar-refractivity contribution in [3.8, 4) is 0 Å². The van der Waals surface area contributed by atoms with E-state index in [2.05, 4.69) is 0 Å². The molecular weight excluding hydrogens is 150 g/mol. The highest BCUT2D eigenvalue weighted by molar-refractivity contribution is 5.01. The zero-order valence-electron chi connectivity index (χ0n) is 7.68. The number of fused-ring (bicyclic) bond motifs is 2. The average Bonchev–Trinajstić information content (AvgIpc) is 2.41. The molecule has 2 bridgehead atoms. The predicted molar refractivity (Wildman–Crippen MR) is 48.7 cm³/mol. The van der Waals surface area contributed by atoms with Gasteiger partial charge in [0.15, 0.2) is 0 Å². The first-order chi connectivity index (χ1) is 5.74. The quantitative estimate of drug-likeness (QED) is 0.654. The molecular formula is C10H19NO. The molecule has 2 saturated carbocycles. The van der Waals surface area contributed by atoms with Crippen molar-refractivity contribution in [2.24, 2.45) is 16.6 Å². The van der Waals surface area contributed by atoms with Gasteiger partial charge < -0.3 is 10.8 Å². The third-order valence-corrected chi connectivity index (χ3v) is 4.12. The maximum Gasteiger partial charge on any atom is 0.0487 e. The molecule has 0 unspecified atom stereocenters. The van der Waals surface area contributed by atoms with Crippen LogP contribution < -0.4 is 5.73 Å². The molecule has 3 N–H and O–H groups in total. The highest BCUT2D eigenvalue weighted by atomic mass is 16.3. The number of aliphatic hydroxyl groups excluding tert-OH is 1. The van der Waals surface area contributed by atoms with E-state index in [1.54, 1.807) is 0 Å². The average molecular weight is 169 g/mol. The Morgan fingerprint density at radius 1 is 1.08 bits per heavy atom. The maximum absolute atomic E-state index is 9.34. The normalized spacial score (nSPS) is 46.5. The lowest BCUT2D eigenvalue weighted by Crippen LogP contribution is -2.35. The van der Waals surface area contributed by atoms with E-state index < -0.39 is 0 Å². The van der Waals surface area contributed by atoms with Crippen molar-refractivity contribution in [2.75, 3.05) is 13.2 Å². The molecule has 0 aromatic carbocycles.